The average molecular weight is 304 g/mol. The average Bonchev–Trinajstić information content (AvgIpc) is 2.47. The highest BCUT2D eigenvalue weighted by Crippen LogP contribution is 2.21. The number of nitrogens with zero attached hydrogens (tertiary/aromatic N) is 1. The molecule has 1 aliphatic heterocycles. The van der Waals surface area contributed by atoms with Crippen LogP contribution in [0.5, 0.6) is 5.75 Å². The van der Waals surface area contributed by atoms with Crippen LogP contribution in [0.3, 0.4) is 0 Å². The molecule has 1 aliphatic rings. The van der Waals surface area contributed by atoms with E-state index < -0.39 is 6.09 Å². The summed E-state index contributed by atoms with van der Waals surface area (Å²) in [5, 5.41) is 2.87. The molecule has 1 aromatic carbocycles. The van der Waals surface area contributed by atoms with Crippen molar-refractivity contribution in [2.75, 3.05) is 13.1 Å². The summed E-state index contributed by atoms with van der Waals surface area (Å²) in [6.45, 7) is 7.13. The van der Waals surface area contributed by atoms with Crippen molar-refractivity contribution < 1.29 is 14.3 Å². The monoisotopic (exact) mass is 304 g/mol. The first-order chi connectivity index (χ1) is 10.4. The number of hydrogen-bond acceptors (Lipinski definition) is 3. The quantitative estimate of drug-likeness (QED) is 0.914. The molecule has 5 nitrogen and oxygen atoms in total. The van der Waals surface area contributed by atoms with Crippen LogP contribution in [0.15, 0.2) is 30.3 Å². The third-order valence-electron chi connectivity index (χ3n) is 3.70. The van der Waals surface area contributed by atoms with E-state index in [1.807, 2.05) is 43.9 Å². The standard InChI is InChI=1S/C17H24N2O3/c1-17(2,3)15(20)19-11-9-13(10-12-19)18-16(21)22-14-7-5-4-6-8-14/h4-8,13H,9-12H2,1-3H3,(H,18,21). The van der Waals surface area contributed by atoms with E-state index in [2.05, 4.69) is 5.32 Å². The van der Waals surface area contributed by atoms with Crippen LogP contribution in [0, 0.1) is 5.41 Å². The van der Waals surface area contributed by atoms with E-state index in [1.165, 1.54) is 0 Å². The maximum atomic E-state index is 12.2. The van der Waals surface area contributed by atoms with Crippen molar-refractivity contribution >= 4 is 12.0 Å². The maximum Gasteiger partial charge on any atom is 0.412 e. The van der Waals surface area contributed by atoms with Crippen LogP contribution in [0.4, 0.5) is 4.79 Å². The van der Waals surface area contributed by atoms with Crippen LogP contribution in [0.2, 0.25) is 0 Å². The van der Waals surface area contributed by atoms with E-state index in [9.17, 15) is 9.59 Å². The minimum absolute atomic E-state index is 0.0558. The normalized spacial score (nSPS) is 16.2. The summed E-state index contributed by atoms with van der Waals surface area (Å²) < 4.78 is 5.22. The van der Waals surface area contributed by atoms with E-state index in [1.54, 1.807) is 12.1 Å². The van der Waals surface area contributed by atoms with Gasteiger partial charge in [-0.25, -0.2) is 4.79 Å². The summed E-state index contributed by atoms with van der Waals surface area (Å²) in [6, 6.07) is 9.04. The molecule has 0 unspecified atom stereocenters. The molecular formula is C17H24N2O3. The third kappa shape index (κ3) is 4.48. The predicted molar refractivity (Wildman–Crippen MR) is 84.7 cm³/mol. The summed E-state index contributed by atoms with van der Waals surface area (Å²) in [5.74, 6) is 0.693. The molecule has 1 aromatic rings. The summed E-state index contributed by atoms with van der Waals surface area (Å²) in [7, 11) is 0. The molecule has 0 saturated carbocycles. The molecule has 1 heterocycles. The summed E-state index contributed by atoms with van der Waals surface area (Å²) in [6.07, 6.45) is 1.07. The summed E-state index contributed by atoms with van der Waals surface area (Å²) in [4.78, 5) is 25.9. The molecule has 1 N–H and O–H groups in total. The molecule has 0 atom stereocenters. The maximum absolute atomic E-state index is 12.2. The van der Waals surface area contributed by atoms with E-state index in [4.69, 9.17) is 4.74 Å². The Morgan fingerprint density at radius 2 is 1.73 bits per heavy atom. The van der Waals surface area contributed by atoms with Gasteiger partial charge < -0.3 is 15.0 Å². The second kappa shape index (κ2) is 6.81. The number of ether oxygens (including phenoxy) is 1. The fourth-order valence-electron chi connectivity index (χ4n) is 2.49. The van der Waals surface area contributed by atoms with Crippen molar-refractivity contribution in [1.29, 1.82) is 0 Å². The topological polar surface area (TPSA) is 58.6 Å². The molecule has 2 amide bonds. The third-order valence-corrected chi connectivity index (χ3v) is 3.70. The highest BCUT2D eigenvalue weighted by molar-refractivity contribution is 5.81. The van der Waals surface area contributed by atoms with Crippen molar-refractivity contribution in [2.24, 2.45) is 5.41 Å². The van der Waals surface area contributed by atoms with Crippen molar-refractivity contribution in [1.82, 2.24) is 10.2 Å². The molecule has 22 heavy (non-hydrogen) atoms. The van der Waals surface area contributed by atoms with E-state index >= 15 is 0 Å². The number of piperidine rings is 1. The molecule has 0 aromatic heterocycles. The minimum atomic E-state index is -0.438. The first-order valence-corrected chi connectivity index (χ1v) is 7.69. The Balaban J connectivity index is 1.78. The molecule has 0 bridgehead atoms. The van der Waals surface area contributed by atoms with Gasteiger partial charge in [-0.3, -0.25) is 4.79 Å². The molecule has 2 rings (SSSR count). The van der Waals surface area contributed by atoms with Gasteiger partial charge in [0.1, 0.15) is 5.75 Å². The Hall–Kier alpha value is -2.04. The van der Waals surface area contributed by atoms with Gasteiger partial charge in [0.2, 0.25) is 5.91 Å². The van der Waals surface area contributed by atoms with Crippen LogP contribution in [-0.4, -0.2) is 36.0 Å². The van der Waals surface area contributed by atoms with Crippen LogP contribution in [0.25, 0.3) is 0 Å². The number of amides is 2. The van der Waals surface area contributed by atoms with Gasteiger partial charge in [0, 0.05) is 24.5 Å². The molecule has 0 aliphatic carbocycles. The van der Waals surface area contributed by atoms with Gasteiger partial charge in [-0.1, -0.05) is 39.0 Å². The second-order valence-corrected chi connectivity index (χ2v) is 6.66. The Morgan fingerprint density at radius 3 is 2.27 bits per heavy atom. The zero-order valence-electron chi connectivity index (χ0n) is 13.5. The fraction of sp³-hybridized carbons (Fsp3) is 0.529. The Morgan fingerprint density at radius 1 is 1.14 bits per heavy atom. The highest BCUT2D eigenvalue weighted by atomic mass is 16.6. The Bertz CT molecular complexity index is 514. The lowest BCUT2D eigenvalue weighted by molar-refractivity contribution is -0.140. The van der Waals surface area contributed by atoms with Gasteiger partial charge in [0.15, 0.2) is 0 Å². The van der Waals surface area contributed by atoms with Crippen molar-refractivity contribution in [3.05, 3.63) is 30.3 Å². The Kier molecular flexibility index (Phi) is 5.06. The van der Waals surface area contributed by atoms with Crippen molar-refractivity contribution in [3.8, 4) is 5.75 Å². The van der Waals surface area contributed by atoms with Crippen LogP contribution in [0.1, 0.15) is 33.6 Å². The minimum Gasteiger partial charge on any atom is -0.410 e. The van der Waals surface area contributed by atoms with Crippen molar-refractivity contribution in [2.45, 2.75) is 39.7 Å². The van der Waals surface area contributed by atoms with Crippen LogP contribution >= 0.6 is 0 Å². The number of para-hydroxylation sites is 1. The fourth-order valence-corrected chi connectivity index (χ4v) is 2.49. The van der Waals surface area contributed by atoms with Gasteiger partial charge in [0.25, 0.3) is 0 Å². The lowest BCUT2D eigenvalue weighted by atomic mass is 9.93. The number of likely N-dealkylation sites (tertiary alicyclic amines) is 1. The van der Waals surface area contributed by atoms with Gasteiger partial charge in [-0.2, -0.15) is 0 Å². The number of rotatable bonds is 2. The predicted octanol–water partition coefficient (Wildman–Crippen LogP) is 2.81. The number of hydrogen-bond donors (Lipinski definition) is 1. The molecule has 5 heteroatoms. The van der Waals surface area contributed by atoms with Gasteiger partial charge in [-0.05, 0) is 25.0 Å². The number of nitrogens with one attached hydrogen (secondary N) is 1. The van der Waals surface area contributed by atoms with Gasteiger partial charge in [-0.15, -0.1) is 0 Å². The largest absolute Gasteiger partial charge is 0.412 e. The molecule has 1 saturated heterocycles. The molecular weight excluding hydrogens is 280 g/mol. The first-order valence-electron chi connectivity index (χ1n) is 7.69. The smallest absolute Gasteiger partial charge is 0.410 e. The van der Waals surface area contributed by atoms with Crippen LogP contribution < -0.4 is 10.1 Å². The summed E-state index contributed by atoms with van der Waals surface area (Å²) >= 11 is 0. The summed E-state index contributed by atoms with van der Waals surface area (Å²) in [5.41, 5.74) is -0.355. The molecule has 120 valence electrons. The molecule has 0 radical (unpaired) electrons. The lowest BCUT2D eigenvalue weighted by Gasteiger charge is -2.35. The highest BCUT2D eigenvalue weighted by Gasteiger charge is 2.30. The van der Waals surface area contributed by atoms with Crippen molar-refractivity contribution in [3.63, 3.8) is 0 Å². The van der Waals surface area contributed by atoms with Gasteiger partial charge in [0.05, 0.1) is 0 Å². The Labute approximate surface area is 131 Å². The molecule has 1 fully saturated rings. The van der Waals surface area contributed by atoms with Crippen LogP contribution in [-0.2, 0) is 4.79 Å². The lowest BCUT2D eigenvalue weighted by Crippen LogP contribution is -2.49. The zero-order valence-corrected chi connectivity index (χ0v) is 13.5. The SMILES string of the molecule is CC(C)(C)C(=O)N1CCC(NC(=O)Oc2ccccc2)CC1. The zero-order chi connectivity index (χ0) is 16.2. The number of benzene rings is 1. The molecule has 0 spiro atoms. The first kappa shape index (κ1) is 16.3. The van der Waals surface area contributed by atoms with E-state index in [0.717, 1.165) is 12.8 Å². The van der Waals surface area contributed by atoms with E-state index in [-0.39, 0.29) is 17.4 Å². The van der Waals surface area contributed by atoms with E-state index in [0.29, 0.717) is 18.8 Å². The second-order valence-electron chi connectivity index (χ2n) is 6.66. The number of carbonyl (C=O) groups is 2. The van der Waals surface area contributed by atoms with Gasteiger partial charge >= 0.3 is 6.09 Å². The number of carbonyl (C=O) groups excluding carboxylic acids is 2.